The van der Waals surface area contributed by atoms with Gasteiger partial charge in [0.15, 0.2) is 6.61 Å². The molecule has 2 aromatic carbocycles. The third kappa shape index (κ3) is 12.5. The quantitative estimate of drug-likeness (QED) is 0.0245. The summed E-state index contributed by atoms with van der Waals surface area (Å²) in [5, 5.41) is 14.8. The average Bonchev–Trinajstić information content (AvgIpc) is 3.55. The number of aryl methyl sites for hydroxylation is 2. The highest BCUT2D eigenvalue weighted by Crippen LogP contribution is 2.33. The summed E-state index contributed by atoms with van der Waals surface area (Å²) in [4.78, 5) is 114. The van der Waals surface area contributed by atoms with E-state index in [1.54, 1.807) is 24.1 Å². The van der Waals surface area contributed by atoms with Gasteiger partial charge in [0.2, 0.25) is 11.8 Å². The molecule has 2 fully saturated rings. The molecule has 3 aromatic rings. The van der Waals surface area contributed by atoms with Crippen LogP contribution in [0.1, 0.15) is 92.6 Å². The van der Waals surface area contributed by atoms with E-state index >= 15 is 0 Å². The summed E-state index contributed by atoms with van der Waals surface area (Å²) in [6, 6.07) is 8.90. The van der Waals surface area contributed by atoms with Gasteiger partial charge in [-0.2, -0.15) is 0 Å². The Bertz CT molecular complexity index is 2530. The molecule has 6 amide bonds. The number of piperidine rings is 1. The molecule has 0 radical (unpaired) electrons. The summed E-state index contributed by atoms with van der Waals surface area (Å²) < 4.78 is 0. The number of H-pyrrole nitrogens is 1. The van der Waals surface area contributed by atoms with Gasteiger partial charge in [0.1, 0.15) is 19.3 Å². The van der Waals surface area contributed by atoms with E-state index in [0.717, 1.165) is 33.0 Å². The molecule has 0 aliphatic carbocycles. The maximum atomic E-state index is 13.7. The highest BCUT2D eigenvalue weighted by atomic mass is 17.5. The molecular formula is C45H57N11O12. The van der Waals surface area contributed by atoms with Gasteiger partial charge in [0.25, 0.3) is 29.2 Å². The number of piperazine rings is 1. The Kier molecular flexibility index (Phi) is 17.2. The maximum absolute atomic E-state index is 13.7. The maximum Gasteiger partial charge on any atom is 0.264 e. The highest BCUT2D eigenvalue weighted by Gasteiger charge is 2.45. The number of aromatic nitrogens is 1. The van der Waals surface area contributed by atoms with Crippen LogP contribution in [0, 0.1) is 13.8 Å². The number of hydrogen-bond donors (Lipinski definition) is 8. The number of nitrogens with two attached hydrogens (primary N) is 2. The van der Waals surface area contributed by atoms with Crippen molar-refractivity contribution in [3.05, 3.63) is 109 Å². The predicted molar refractivity (Wildman–Crippen MR) is 245 cm³/mol. The summed E-state index contributed by atoms with van der Waals surface area (Å²) in [5.41, 5.74) is 23.0. The molecule has 1 unspecified atom stereocenters. The molecule has 0 spiro atoms. The molecule has 0 bridgehead atoms. The minimum absolute atomic E-state index is 0.0111. The van der Waals surface area contributed by atoms with Gasteiger partial charge in [-0.05, 0) is 99.2 Å². The molecule has 3 aliphatic rings. The molecule has 0 saturated carbocycles. The van der Waals surface area contributed by atoms with Crippen LogP contribution in [-0.2, 0) is 52.2 Å². The predicted octanol–water partition coefficient (Wildman–Crippen LogP) is 1.31. The minimum Gasteiger partial charge on any atom is -0.385 e. The number of aromatic amines is 1. The van der Waals surface area contributed by atoms with Crippen molar-refractivity contribution < 1.29 is 53.5 Å². The van der Waals surface area contributed by atoms with Gasteiger partial charge < -0.3 is 32.0 Å². The Morgan fingerprint density at radius 2 is 1.68 bits per heavy atom. The average molecular weight is 944 g/mol. The lowest BCUT2D eigenvalue weighted by atomic mass is 9.96. The van der Waals surface area contributed by atoms with Crippen LogP contribution in [0.4, 0.5) is 11.4 Å². The van der Waals surface area contributed by atoms with Crippen molar-refractivity contribution in [2.24, 2.45) is 11.5 Å². The van der Waals surface area contributed by atoms with Crippen LogP contribution >= 0.6 is 0 Å². The fraction of sp³-hybridized carbons (Fsp3) is 0.400. The van der Waals surface area contributed by atoms with Crippen LogP contribution in [0.5, 0.6) is 0 Å². The number of amides is 6. The molecule has 1 atom stereocenters. The lowest BCUT2D eigenvalue weighted by Gasteiger charge is -2.35. The van der Waals surface area contributed by atoms with E-state index in [1.165, 1.54) is 18.2 Å². The number of benzene rings is 2. The zero-order valence-corrected chi connectivity index (χ0v) is 38.4. The van der Waals surface area contributed by atoms with Gasteiger partial charge in [-0.25, -0.2) is 25.2 Å². The van der Waals surface area contributed by atoms with Gasteiger partial charge in [0, 0.05) is 79.8 Å². The smallest absolute Gasteiger partial charge is 0.264 e. The van der Waals surface area contributed by atoms with Crippen LogP contribution in [0.2, 0.25) is 0 Å². The van der Waals surface area contributed by atoms with Crippen LogP contribution < -0.4 is 43.9 Å². The van der Waals surface area contributed by atoms with Crippen molar-refractivity contribution >= 4 is 52.4 Å². The van der Waals surface area contributed by atoms with Crippen molar-refractivity contribution in [2.45, 2.75) is 72.6 Å². The van der Waals surface area contributed by atoms with E-state index < -0.39 is 42.2 Å². The minimum atomic E-state index is -1.13. The summed E-state index contributed by atoms with van der Waals surface area (Å²) in [6.07, 6.45) is 3.67. The Labute approximate surface area is 391 Å². The van der Waals surface area contributed by atoms with E-state index in [1.807, 2.05) is 50.8 Å². The molecule has 3 aliphatic heterocycles. The second kappa shape index (κ2) is 23.1. The van der Waals surface area contributed by atoms with Crippen LogP contribution in [-0.4, -0.2) is 113 Å². The van der Waals surface area contributed by atoms with E-state index in [9.17, 15) is 33.6 Å². The van der Waals surface area contributed by atoms with E-state index in [4.69, 9.17) is 31.1 Å². The summed E-state index contributed by atoms with van der Waals surface area (Å²) >= 11 is 0. The zero-order valence-electron chi connectivity index (χ0n) is 38.4. The number of hydrazine groups is 1. The van der Waals surface area contributed by atoms with Gasteiger partial charge in [-0.1, -0.05) is 17.1 Å². The third-order valence-corrected chi connectivity index (χ3v) is 11.2. The summed E-state index contributed by atoms with van der Waals surface area (Å²) in [7, 11) is 0. The number of hydrogen-bond acceptors (Lipinski definition) is 18. The standard InChI is InChI=1S/C45H57N11O12/c1-25(2)49-35-21-29(20-31(32(35)22-46)41(59)48-23-33-27(4)19-28(5)50-42(33)60)26(3)9-11-37(47)54-13-15-55(16-14-54)52-39(58)24-66-64-17-18-65-68-67-53-34-8-6-7-30-40(34)45(63)56(44(30)62)36-10-12-38(57)51-43(36)61/h6-9,11,19-21,25,36,49,53H,10,12-18,22-24,46-47H2,1-5H3,(H,48,59)(H,50,60)(H,52,58)(H,51,57,61)/b26-9+,37-11+. The van der Waals surface area contributed by atoms with E-state index in [2.05, 4.69) is 36.9 Å². The summed E-state index contributed by atoms with van der Waals surface area (Å²) in [6.45, 7) is 10.9. The second-order valence-electron chi connectivity index (χ2n) is 16.5. The van der Waals surface area contributed by atoms with Gasteiger partial charge >= 0.3 is 0 Å². The highest BCUT2D eigenvalue weighted by molar-refractivity contribution is 6.25. The van der Waals surface area contributed by atoms with Crippen LogP contribution in [0.15, 0.2) is 59.2 Å². The number of nitrogens with zero attached hydrogens (tertiary/aromatic N) is 3. The van der Waals surface area contributed by atoms with Crippen molar-refractivity contribution in [3.8, 4) is 0 Å². The van der Waals surface area contributed by atoms with Crippen LogP contribution in [0.25, 0.3) is 5.57 Å². The number of nitrogens with one attached hydrogen (secondary N) is 6. The SMILES string of the molecule is C/C(=C\C=C(/N)N1CCN(NC(=O)COOCCOOONc2cccc3c2C(=O)N(C2CCC(=O)NC2=O)C3=O)CC1)c1cc(NC(C)C)c(CN)c(C(=O)NCc2c(C)cc(C)[nH]c2=O)c1. The molecule has 2 saturated heterocycles. The zero-order chi connectivity index (χ0) is 49.1. The Morgan fingerprint density at radius 1 is 0.926 bits per heavy atom. The molecule has 6 rings (SSSR count). The molecule has 364 valence electrons. The number of anilines is 2. The van der Waals surface area contributed by atoms with Crippen LogP contribution in [0.3, 0.4) is 0 Å². The van der Waals surface area contributed by atoms with Gasteiger partial charge in [0.05, 0.1) is 22.6 Å². The first-order valence-corrected chi connectivity index (χ1v) is 21.9. The van der Waals surface area contributed by atoms with Crippen molar-refractivity contribution in [2.75, 3.05) is 56.8 Å². The first kappa shape index (κ1) is 50.4. The first-order valence-electron chi connectivity index (χ1n) is 21.9. The second-order valence-corrected chi connectivity index (χ2v) is 16.5. The monoisotopic (exact) mass is 943 g/mol. The van der Waals surface area contributed by atoms with E-state index in [0.29, 0.717) is 48.7 Å². The van der Waals surface area contributed by atoms with Gasteiger partial charge in [-0.3, -0.25) is 49.2 Å². The molecule has 23 heteroatoms. The normalized spacial score (nSPS) is 16.8. The van der Waals surface area contributed by atoms with Crippen molar-refractivity contribution in [3.63, 3.8) is 0 Å². The number of pyridine rings is 1. The number of carbonyl (C=O) groups excluding carboxylic acids is 6. The fourth-order valence-corrected chi connectivity index (χ4v) is 7.77. The lowest BCUT2D eigenvalue weighted by molar-refractivity contribution is -0.506. The molecule has 4 heterocycles. The number of imide groups is 2. The first-order chi connectivity index (χ1) is 32.6. The largest absolute Gasteiger partial charge is 0.385 e. The van der Waals surface area contributed by atoms with Gasteiger partial charge in [-0.15, -0.1) is 0 Å². The summed E-state index contributed by atoms with van der Waals surface area (Å²) in [5.74, 6) is -2.93. The van der Waals surface area contributed by atoms with Crippen molar-refractivity contribution in [1.82, 2.24) is 35.9 Å². The molecular weight excluding hydrogens is 887 g/mol. The number of fused-ring (bicyclic) bond motifs is 1. The fourth-order valence-electron chi connectivity index (χ4n) is 7.77. The third-order valence-electron chi connectivity index (χ3n) is 11.2. The molecule has 23 nitrogen and oxygen atoms in total. The molecule has 68 heavy (non-hydrogen) atoms. The molecule has 1 aromatic heterocycles. The number of carbonyl (C=O) groups is 6. The Hall–Kier alpha value is -6.99. The lowest BCUT2D eigenvalue weighted by Crippen LogP contribution is -2.54. The Morgan fingerprint density at radius 3 is 2.38 bits per heavy atom. The van der Waals surface area contributed by atoms with E-state index in [-0.39, 0.29) is 73.5 Å². The topological polar surface area (TPSA) is 303 Å². The molecule has 10 N–H and O–H groups in total. The van der Waals surface area contributed by atoms with Crippen molar-refractivity contribution in [1.29, 1.82) is 0 Å². The number of allylic oxidation sites excluding steroid dienone is 3. The number of rotatable bonds is 21. The Balaban J connectivity index is 0.899.